The van der Waals surface area contributed by atoms with Crippen molar-refractivity contribution in [3.8, 4) is 0 Å². The molecule has 0 fully saturated rings. The standard InChI is InChI=1S/C12H12Cl2O3/c1-17-12(16)5-3-10(15)7-8-6-9(13)2-4-11(8)14/h2,4,6H,3,5,7H2,1H3. The summed E-state index contributed by atoms with van der Waals surface area (Å²) in [6.45, 7) is 0. The van der Waals surface area contributed by atoms with E-state index in [0.29, 0.717) is 15.6 Å². The third-order valence-corrected chi connectivity index (χ3v) is 2.83. The van der Waals surface area contributed by atoms with Crippen LogP contribution < -0.4 is 0 Å². The lowest BCUT2D eigenvalue weighted by Gasteiger charge is -2.04. The largest absolute Gasteiger partial charge is 0.469 e. The van der Waals surface area contributed by atoms with E-state index in [0.717, 1.165) is 0 Å². The zero-order valence-electron chi connectivity index (χ0n) is 9.33. The molecule has 0 N–H and O–H groups in total. The first-order valence-electron chi connectivity index (χ1n) is 5.05. The Morgan fingerprint density at radius 2 is 1.94 bits per heavy atom. The second kappa shape index (κ2) is 6.62. The summed E-state index contributed by atoms with van der Waals surface area (Å²) in [6, 6.07) is 4.96. The molecule has 0 saturated heterocycles. The third kappa shape index (κ3) is 4.75. The quantitative estimate of drug-likeness (QED) is 0.776. The second-order valence-corrected chi connectivity index (χ2v) is 4.37. The fraction of sp³-hybridized carbons (Fsp3) is 0.333. The first kappa shape index (κ1) is 14.0. The van der Waals surface area contributed by atoms with Crippen LogP contribution in [-0.2, 0) is 20.7 Å². The monoisotopic (exact) mass is 274 g/mol. The van der Waals surface area contributed by atoms with Crippen LogP contribution >= 0.6 is 23.2 Å². The molecule has 17 heavy (non-hydrogen) atoms. The van der Waals surface area contributed by atoms with Gasteiger partial charge in [-0.25, -0.2) is 0 Å². The smallest absolute Gasteiger partial charge is 0.305 e. The van der Waals surface area contributed by atoms with E-state index in [1.807, 2.05) is 0 Å². The van der Waals surface area contributed by atoms with Crippen LogP contribution in [0.2, 0.25) is 10.0 Å². The van der Waals surface area contributed by atoms with Gasteiger partial charge in [-0.1, -0.05) is 23.2 Å². The van der Waals surface area contributed by atoms with Gasteiger partial charge in [0.25, 0.3) is 0 Å². The van der Waals surface area contributed by atoms with E-state index in [1.54, 1.807) is 18.2 Å². The minimum Gasteiger partial charge on any atom is -0.469 e. The summed E-state index contributed by atoms with van der Waals surface area (Å²) in [5, 5.41) is 1.03. The van der Waals surface area contributed by atoms with Crippen LogP contribution in [0.5, 0.6) is 0 Å². The SMILES string of the molecule is COC(=O)CCC(=O)Cc1cc(Cl)ccc1Cl. The van der Waals surface area contributed by atoms with E-state index < -0.39 is 5.97 Å². The molecule has 0 aliphatic heterocycles. The molecule has 0 aliphatic carbocycles. The van der Waals surface area contributed by atoms with Gasteiger partial charge in [-0.2, -0.15) is 0 Å². The van der Waals surface area contributed by atoms with E-state index >= 15 is 0 Å². The van der Waals surface area contributed by atoms with Crippen molar-refractivity contribution in [2.24, 2.45) is 0 Å². The summed E-state index contributed by atoms with van der Waals surface area (Å²) >= 11 is 11.7. The highest BCUT2D eigenvalue weighted by molar-refractivity contribution is 6.33. The fourth-order valence-electron chi connectivity index (χ4n) is 1.32. The molecule has 0 atom stereocenters. The van der Waals surface area contributed by atoms with Crippen LogP contribution in [-0.4, -0.2) is 18.9 Å². The molecule has 0 heterocycles. The van der Waals surface area contributed by atoms with Crippen molar-refractivity contribution in [2.75, 3.05) is 7.11 Å². The number of halogens is 2. The molecule has 0 unspecified atom stereocenters. The van der Waals surface area contributed by atoms with E-state index in [-0.39, 0.29) is 25.0 Å². The Morgan fingerprint density at radius 1 is 1.24 bits per heavy atom. The first-order valence-corrected chi connectivity index (χ1v) is 5.81. The van der Waals surface area contributed by atoms with Gasteiger partial charge in [0, 0.05) is 22.9 Å². The Hall–Kier alpha value is -1.06. The molecule has 3 nitrogen and oxygen atoms in total. The van der Waals surface area contributed by atoms with Crippen LogP contribution in [0.1, 0.15) is 18.4 Å². The van der Waals surface area contributed by atoms with E-state index in [4.69, 9.17) is 23.2 Å². The first-order chi connectivity index (χ1) is 8.02. The molecule has 5 heteroatoms. The number of hydrogen-bond donors (Lipinski definition) is 0. The van der Waals surface area contributed by atoms with Crippen molar-refractivity contribution in [1.29, 1.82) is 0 Å². The summed E-state index contributed by atoms with van der Waals surface area (Å²) < 4.78 is 4.46. The van der Waals surface area contributed by atoms with Crippen LogP contribution in [0.15, 0.2) is 18.2 Å². The molecular formula is C12H12Cl2O3. The van der Waals surface area contributed by atoms with Crippen molar-refractivity contribution in [3.63, 3.8) is 0 Å². The number of ether oxygens (including phenoxy) is 1. The molecule has 1 aromatic rings. The molecule has 0 bridgehead atoms. The zero-order chi connectivity index (χ0) is 12.8. The molecule has 0 amide bonds. The average Bonchev–Trinajstić information content (AvgIpc) is 2.30. The third-order valence-electron chi connectivity index (χ3n) is 2.23. The Bertz CT molecular complexity index is 430. The van der Waals surface area contributed by atoms with Crippen molar-refractivity contribution in [3.05, 3.63) is 33.8 Å². The van der Waals surface area contributed by atoms with Gasteiger partial charge in [0.15, 0.2) is 0 Å². The molecule has 0 radical (unpaired) electrons. The lowest BCUT2D eigenvalue weighted by Crippen LogP contribution is -2.08. The summed E-state index contributed by atoms with van der Waals surface area (Å²) in [4.78, 5) is 22.5. The zero-order valence-corrected chi connectivity index (χ0v) is 10.8. The second-order valence-electron chi connectivity index (χ2n) is 3.53. The molecule has 0 spiro atoms. The highest BCUT2D eigenvalue weighted by Crippen LogP contribution is 2.21. The summed E-state index contributed by atoms with van der Waals surface area (Å²) in [5.41, 5.74) is 0.675. The highest BCUT2D eigenvalue weighted by Gasteiger charge is 2.10. The van der Waals surface area contributed by atoms with Gasteiger partial charge in [0.05, 0.1) is 13.5 Å². The molecule has 0 aromatic heterocycles. The lowest BCUT2D eigenvalue weighted by molar-refractivity contribution is -0.141. The summed E-state index contributed by atoms with van der Waals surface area (Å²) in [6.07, 6.45) is 0.416. The van der Waals surface area contributed by atoms with Crippen molar-refractivity contribution < 1.29 is 14.3 Å². The number of hydrogen-bond acceptors (Lipinski definition) is 3. The van der Waals surface area contributed by atoms with E-state index in [1.165, 1.54) is 7.11 Å². The predicted molar refractivity (Wildman–Crippen MR) is 66.4 cm³/mol. The fourth-order valence-corrected chi connectivity index (χ4v) is 1.70. The Labute approximate surface area is 110 Å². The Morgan fingerprint density at radius 3 is 2.59 bits per heavy atom. The molecule has 1 rings (SSSR count). The minimum absolute atomic E-state index is 0.0698. The normalized spacial score (nSPS) is 10.1. The number of rotatable bonds is 5. The Balaban J connectivity index is 2.56. The van der Waals surface area contributed by atoms with E-state index in [9.17, 15) is 9.59 Å². The van der Waals surface area contributed by atoms with Crippen LogP contribution in [0, 0.1) is 0 Å². The van der Waals surface area contributed by atoms with Gasteiger partial charge >= 0.3 is 5.97 Å². The molecule has 0 aliphatic rings. The van der Waals surface area contributed by atoms with Gasteiger partial charge in [-0.3, -0.25) is 9.59 Å². The minimum atomic E-state index is -0.393. The number of Topliss-reactive ketones (excluding diaryl/α,β-unsaturated/α-hetero) is 1. The van der Waals surface area contributed by atoms with Crippen LogP contribution in [0.4, 0.5) is 0 Å². The number of ketones is 1. The highest BCUT2D eigenvalue weighted by atomic mass is 35.5. The van der Waals surface area contributed by atoms with Gasteiger partial charge in [0.1, 0.15) is 5.78 Å². The number of methoxy groups -OCH3 is 1. The Kier molecular flexibility index (Phi) is 5.45. The average molecular weight is 275 g/mol. The van der Waals surface area contributed by atoms with Gasteiger partial charge in [-0.15, -0.1) is 0 Å². The van der Waals surface area contributed by atoms with E-state index in [2.05, 4.69) is 4.74 Å². The number of benzene rings is 1. The maximum atomic E-state index is 11.6. The van der Waals surface area contributed by atoms with Crippen LogP contribution in [0.25, 0.3) is 0 Å². The number of carbonyl (C=O) groups is 2. The van der Waals surface area contributed by atoms with Crippen LogP contribution in [0.3, 0.4) is 0 Å². The molecule has 0 saturated carbocycles. The van der Waals surface area contributed by atoms with Gasteiger partial charge in [0.2, 0.25) is 0 Å². The topological polar surface area (TPSA) is 43.4 Å². The lowest BCUT2D eigenvalue weighted by atomic mass is 10.1. The molecule has 1 aromatic carbocycles. The summed E-state index contributed by atoms with van der Waals surface area (Å²) in [5.74, 6) is -0.463. The maximum absolute atomic E-state index is 11.6. The molecular weight excluding hydrogens is 263 g/mol. The van der Waals surface area contributed by atoms with Crippen molar-refractivity contribution >= 4 is 35.0 Å². The van der Waals surface area contributed by atoms with Crippen molar-refractivity contribution in [1.82, 2.24) is 0 Å². The van der Waals surface area contributed by atoms with Gasteiger partial charge in [-0.05, 0) is 23.8 Å². The predicted octanol–water partition coefficient (Wildman–Crippen LogP) is 3.06. The summed E-state index contributed by atoms with van der Waals surface area (Å²) in [7, 11) is 1.29. The number of esters is 1. The number of carbonyl (C=O) groups excluding carboxylic acids is 2. The maximum Gasteiger partial charge on any atom is 0.305 e. The van der Waals surface area contributed by atoms with Gasteiger partial charge < -0.3 is 4.74 Å². The molecule has 92 valence electrons. The van der Waals surface area contributed by atoms with Crippen molar-refractivity contribution in [2.45, 2.75) is 19.3 Å².